The minimum Gasteiger partial charge on any atom is -0.496 e. The van der Waals surface area contributed by atoms with Crippen molar-refractivity contribution in [1.82, 2.24) is 20.1 Å². The van der Waals surface area contributed by atoms with E-state index in [0.717, 1.165) is 33.4 Å². The van der Waals surface area contributed by atoms with E-state index in [-0.39, 0.29) is 18.5 Å². The fourth-order valence-corrected chi connectivity index (χ4v) is 14.8. The number of rotatable bonds is 10. The number of carbonyl (C=O) groups is 2. The average molecular weight is 874 g/mol. The van der Waals surface area contributed by atoms with Crippen LogP contribution in [-0.4, -0.2) is 154 Å². The Kier molecular flexibility index (Phi) is 10.6. The molecule has 2 aromatic carbocycles. The first-order valence-corrected chi connectivity index (χ1v) is 25.5. The van der Waals surface area contributed by atoms with Gasteiger partial charge in [0.1, 0.15) is 17.3 Å². The number of aliphatic hydroxyl groups excluding tert-OH is 1. The number of anilines is 1. The van der Waals surface area contributed by atoms with E-state index >= 15 is 4.79 Å². The van der Waals surface area contributed by atoms with Crippen LogP contribution in [0, 0.1) is 11.3 Å². The third kappa shape index (κ3) is 6.06. The number of amides is 1. The number of para-hydroxylation sites is 1. The molecule has 1 spiro atoms. The number of esters is 1. The Morgan fingerprint density at radius 3 is 2.52 bits per heavy atom. The van der Waals surface area contributed by atoms with E-state index in [4.69, 9.17) is 9.47 Å². The highest BCUT2D eigenvalue weighted by Crippen LogP contribution is 2.67. The fraction of sp³-hybridized carbons (Fsp3) is 0.625. The molecule has 0 radical (unpaired) electrons. The number of nitrogens with zero attached hydrogens (tertiary/aromatic N) is 3. The van der Waals surface area contributed by atoms with E-state index < -0.39 is 61.4 Å². The Balaban J connectivity index is 1.30. The van der Waals surface area contributed by atoms with E-state index in [9.17, 15) is 24.3 Å². The third-order valence-corrected chi connectivity index (χ3v) is 17.8. The molecule has 1 aromatic heterocycles. The number of benzene rings is 2. The van der Waals surface area contributed by atoms with Gasteiger partial charge < -0.3 is 40.0 Å². The molecule has 3 aromatic rings. The number of piperidine rings is 1. The van der Waals surface area contributed by atoms with Crippen molar-refractivity contribution in [2.45, 2.75) is 99.0 Å². The fourth-order valence-electron chi connectivity index (χ4n) is 13.8. The Labute approximate surface area is 366 Å². The first-order valence-electron chi connectivity index (χ1n) is 22.7. The van der Waals surface area contributed by atoms with Crippen molar-refractivity contribution in [3.63, 3.8) is 0 Å². The Hall–Kier alpha value is -3.79. The number of aromatic nitrogens is 1. The summed E-state index contributed by atoms with van der Waals surface area (Å²) in [6, 6.07) is 11.1. The maximum absolute atomic E-state index is 15.4. The van der Waals surface area contributed by atoms with Gasteiger partial charge >= 0.3 is 5.97 Å². The summed E-state index contributed by atoms with van der Waals surface area (Å²) >= 11 is 0. The van der Waals surface area contributed by atoms with Crippen molar-refractivity contribution in [2.75, 3.05) is 83.7 Å². The number of aromatic amines is 1. The number of hydrogen-bond acceptors (Lipinski definition) is 11. The topological polar surface area (TPSA) is 168 Å². The van der Waals surface area contributed by atoms with Crippen LogP contribution in [0.5, 0.6) is 5.75 Å². The van der Waals surface area contributed by atoms with Gasteiger partial charge in [-0.25, -0.2) is 0 Å². The Morgan fingerprint density at radius 2 is 1.81 bits per heavy atom. The second-order valence-corrected chi connectivity index (χ2v) is 23.6. The molecule has 338 valence electrons. The molecule has 6 heterocycles. The summed E-state index contributed by atoms with van der Waals surface area (Å²) in [6.45, 7) is 7.58. The smallest absolute Gasteiger partial charge is 0.322 e. The summed E-state index contributed by atoms with van der Waals surface area (Å²) in [5.74, 6) is -0.260. The summed E-state index contributed by atoms with van der Waals surface area (Å²) in [7, 11) is 2.60. The monoisotopic (exact) mass is 873 g/mol. The normalized spacial score (nSPS) is 36.4. The lowest BCUT2D eigenvalue weighted by Crippen LogP contribution is -2.81. The van der Waals surface area contributed by atoms with Crippen LogP contribution in [0.3, 0.4) is 0 Å². The number of carbonyl (C=O) groups excluding carboxylic acids is 2. The summed E-state index contributed by atoms with van der Waals surface area (Å²) < 4.78 is 24.9. The number of ether oxygens (including phenoxy) is 2. The van der Waals surface area contributed by atoms with Crippen molar-refractivity contribution < 1.29 is 38.6 Å². The minimum absolute atomic E-state index is 0.0946. The van der Waals surface area contributed by atoms with Crippen LogP contribution in [0.15, 0.2) is 48.6 Å². The first-order chi connectivity index (χ1) is 29.5. The Morgan fingerprint density at radius 1 is 1.03 bits per heavy atom. The highest BCUT2D eigenvalue weighted by Gasteiger charge is 2.78. The van der Waals surface area contributed by atoms with E-state index in [0.29, 0.717) is 94.7 Å². The van der Waals surface area contributed by atoms with Gasteiger partial charge in [0.2, 0.25) is 0 Å². The van der Waals surface area contributed by atoms with E-state index in [1.54, 1.807) is 19.6 Å². The lowest BCUT2D eigenvalue weighted by atomic mass is 9.47. The number of fused-ring (bicyclic) bond motifs is 6. The van der Waals surface area contributed by atoms with Gasteiger partial charge in [-0.05, 0) is 93.2 Å². The molecule has 2 unspecified atom stereocenters. The molecule has 9 rings (SSSR count). The minimum atomic E-state index is -2.34. The highest BCUT2D eigenvalue weighted by molar-refractivity contribution is 8.01. The van der Waals surface area contributed by atoms with Crippen molar-refractivity contribution in [2.24, 2.45) is 11.3 Å². The second-order valence-electron chi connectivity index (χ2n) is 20.0. The van der Waals surface area contributed by atoms with Crippen LogP contribution >= 0.6 is 0 Å². The predicted octanol–water partition coefficient (Wildman–Crippen LogP) is 3.03. The van der Waals surface area contributed by atoms with E-state index in [2.05, 4.69) is 38.3 Å². The van der Waals surface area contributed by atoms with E-state index in [1.807, 2.05) is 56.1 Å². The van der Waals surface area contributed by atoms with Gasteiger partial charge in [0.05, 0.1) is 25.9 Å². The number of H-pyrrole nitrogens is 1. The van der Waals surface area contributed by atoms with Crippen molar-refractivity contribution in [1.29, 1.82) is 0 Å². The third-order valence-electron chi connectivity index (χ3n) is 16.4. The molecule has 2 saturated heterocycles. The summed E-state index contributed by atoms with van der Waals surface area (Å²) in [5.41, 5.74) is -1.50. The van der Waals surface area contributed by atoms with Gasteiger partial charge in [-0.1, -0.05) is 44.2 Å². The van der Waals surface area contributed by atoms with Gasteiger partial charge in [0.15, 0.2) is 5.60 Å². The largest absolute Gasteiger partial charge is 0.496 e. The van der Waals surface area contributed by atoms with Gasteiger partial charge in [-0.15, -0.1) is 9.93 Å². The van der Waals surface area contributed by atoms with Crippen molar-refractivity contribution in [3.05, 3.63) is 70.9 Å². The van der Waals surface area contributed by atoms with Crippen LogP contribution in [-0.2, 0) is 41.5 Å². The number of aliphatic hydroxyl groups is 3. The predicted molar refractivity (Wildman–Crippen MR) is 243 cm³/mol. The molecule has 5 aliphatic heterocycles. The number of methoxy groups -OCH3 is 2. The van der Waals surface area contributed by atoms with Gasteiger partial charge in [0, 0.05) is 96.3 Å². The maximum atomic E-state index is 15.4. The average Bonchev–Trinajstić information content (AvgIpc) is 3.91. The molecule has 13 nitrogen and oxygen atoms in total. The molecule has 6 aliphatic rings. The molecule has 1 saturated carbocycles. The molecular formula is C48H67N5O8S. The molecular weight excluding hydrogens is 807 g/mol. The van der Waals surface area contributed by atoms with Crippen LogP contribution in [0.1, 0.15) is 74.8 Å². The lowest BCUT2D eigenvalue weighted by Gasteiger charge is -2.63. The summed E-state index contributed by atoms with van der Waals surface area (Å²) in [4.78, 5) is 40.7. The van der Waals surface area contributed by atoms with Crippen LogP contribution < -0.4 is 15.0 Å². The summed E-state index contributed by atoms with van der Waals surface area (Å²) in [5, 5.41) is 42.2. The number of nitrogens with one attached hydrogen (secondary N) is 2. The summed E-state index contributed by atoms with van der Waals surface area (Å²) in [6.07, 6.45) is 9.73. The lowest BCUT2D eigenvalue weighted by molar-refractivity contribution is -0.203. The van der Waals surface area contributed by atoms with E-state index in [1.165, 1.54) is 7.11 Å². The van der Waals surface area contributed by atoms with Crippen molar-refractivity contribution in [3.8, 4) is 5.75 Å². The van der Waals surface area contributed by atoms with Crippen molar-refractivity contribution >= 4 is 38.4 Å². The molecule has 5 N–H and O–H groups in total. The number of likely N-dealkylation sites (N-methyl/N-ethyl adjacent to an activating group) is 1. The molecule has 62 heavy (non-hydrogen) atoms. The van der Waals surface area contributed by atoms with Gasteiger partial charge in [-0.2, -0.15) is 0 Å². The molecule has 10 atom stereocenters. The zero-order chi connectivity index (χ0) is 44.2. The SMILES string of the molecule is CC[C@]1(O)C[C@H]2CN(CCc3c([nH]c4ccccc34)[C@@](C(=O)OC)(c3cc4c(cc3OC)N(C)C3[C@]45CCN4CC=C[C@@](CC)([C@@H](O)[C@]3(O)C(=O)NCCC[SH](C)(C)=O)[C@H]45)C2)C1. The van der Waals surface area contributed by atoms with Crippen LogP contribution in [0.25, 0.3) is 10.9 Å². The molecule has 2 bridgehead atoms. The molecule has 1 amide bonds. The Bertz CT molecular complexity index is 2360. The number of thiol groups is 1. The molecule has 1 aliphatic carbocycles. The van der Waals surface area contributed by atoms with Gasteiger partial charge in [-0.3, -0.25) is 23.6 Å². The molecule has 14 heteroatoms. The zero-order valence-corrected chi connectivity index (χ0v) is 38.4. The maximum Gasteiger partial charge on any atom is 0.322 e. The molecule has 3 fully saturated rings. The number of hydrogen-bond donors (Lipinski definition) is 6. The van der Waals surface area contributed by atoms with Crippen LogP contribution in [0.2, 0.25) is 0 Å². The quantitative estimate of drug-likeness (QED) is 0.0768. The van der Waals surface area contributed by atoms with Gasteiger partial charge in [0.25, 0.3) is 5.91 Å². The zero-order valence-electron chi connectivity index (χ0n) is 37.5. The highest BCUT2D eigenvalue weighted by atomic mass is 32.2. The standard InChI is InChI=1S/C48H67N5O8S/c1-8-44(57)26-30-27-47(43(56)61-5,38-32(16-21-52(28-30)29-44)31-14-10-11-15-35(31)50-38)34-24-33-36(25-37(34)60-4)51(3)40-46(33)18-22-53-20-12-17-45(9-2,39(46)53)41(54)48(40,58)42(55)49-19-13-23-62(6,7)59/h10-12,14-15,17,24-25,30,39-41,50,54,57-58,62H,8-9,13,16,18-23,26-29H2,1-7H3,(H,49,55)/t30-,39+,40?,41-,44+,45-,46-,47+,48+/m1/s1. The first kappa shape index (κ1) is 43.5. The second kappa shape index (κ2) is 15.2. The van der Waals surface area contributed by atoms with Crippen LogP contribution in [0.4, 0.5) is 5.69 Å².